The van der Waals surface area contributed by atoms with Crippen molar-refractivity contribution in [1.82, 2.24) is 0 Å². The first-order valence-corrected chi connectivity index (χ1v) is 6.99. The van der Waals surface area contributed by atoms with Gasteiger partial charge in [-0.2, -0.15) is 0 Å². The summed E-state index contributed by atoms with van der Waals surface area (Å²) in [5.74, 6) is -1.15. The number of ether oxygens (including phenoxy) is 1. The van der Waals surface area contributed by atoms with Crippen molar-refractivity contribution in [2.75, 3.05) is 7.11 Å². The van der Waals surface area contributed by atoms with Gasteiger partial charge in [-0.25, -0.2) is 0 Å². The molecule has 0 saturated heterocycles. The lowest BCUT2D eigenvalue weighted by atomic mass is 9.89. The molecule has 1 rings (SSSR count). The molecule has 0 spiro atoms. The predicted molar refractivity (Wildman–Crippen MR) is 81.1 cm³/mol. The first-order chi connectivity index (χ1) is 10.0. The molecule has 21 heavy (non-hydrogen) atoms. The van der Waals surface area contributed by atoms with Crippen molar-refractivity contribution in [2.24, 2.45) is 0 Å². The highest BCUT2D eigenvalue weighted by Gasteiger charge is 2.28. The number of methoxy groups -OCH3 is 1. The third-order valence-electron chi connectivity index (χ3n) is 3.37. The lowest BCUT2D eigenvalue weighted by molar-refractivity contribution is -0.385. The third-order valence-corrected chi connectivity index (χ3v) is 3.37. The Kier molecular flexibility index (Phi) is 6.59. The Morgan fingerprint density at radius 2 is 2.10 bits per heavy atom. The Hall–Kier alpha value is -2.17. The molecule has 1 unspecified atom stereocenters. The Morgan fingerprint density at radius 3 is 2.67 bits per heavy atom. The van der Waals surface area contributed by atoms with Crippen molar-refractivity contribution in [1.29, 1.82) is 0 Å². The van der Waals surface area contributed by atoms with Gasteiger partial charge >= 0.3 is 5.97 Å². The Morgan fingerprint density at radius 1 is 1.43 bits per heavy atom. The van der Waals surface area contributed by atoms with Crippen LogP contribution in [0.4, 0.5) is 5.69 Å². The van der Waals surface area contributed by atoms with Crippen LogP contribution in [0, 0.1) is 10.1 Å². The number of carbonyl (C=O) groups excluding carboxylic acids is 1. The molecule has 5 heteroatoms. The van der Waals surface area contributed by atoms with Crippen molar-refractivity contribution in [3.63, 3.8) is 0 Å². The van der Waals surface area contributed by atoms with E-state index in [1.165, 1.54) is 13.2 Å². The van der Waals surface area contributed by atoms with Crippen LogP contribution in [-0.4, -0.2) is 18.0 Å². The van der Waals surface area contributed by atoms with E-state index in [1.54, 1.807) is 18.2 Å². The van der Waals surface area contributed by atoms with Crippen molar-refractivity contribution >= 4 is 11.7 Å². The van der Waals surface area contributed by atoms with E-state index in [0.717, 1.165) is 24.8 Å². The van der Waals surface area contributed by atoms with E-state index in [0.29, 0.717) is 12.0 Å². The van der Waals surface area contributed by atoms with E-state index in [-0.39, 0.29) is 5.69 Å². The number of allylic oxidation sites excluding steroid dienone is 1. The predicted octanol–water partition coefficient (Wildman–Crippen LogP) is 3.99. The summed E-state index contributed by atoms with van der Waals surface area (Å²) in [6.07, 6.45) is 3.21. The van der Waals surface area contributed by atoms with Crippen LogP contribution in [0.3, 0.4) is 0 Å². The first-order valence-electron chi connectivity index (χ1n) is 6.99. The number of carbonyl (C=O) groups is 1. The van der Waals surface area contributed by atoms with Crippen LogP contribution < -0.4 is 0 Å². The van der Waals surface area contributed by atoms with Crippen molar-refractivity contribution in [2.45, 2.75) is 38.5 Å². The monoisotopic (exact) mass is 291 g/mol. The summed E-state index contributed by atoms with van der Waals surface area (Å²) in [6.45, 7) is 6.05. The van der Waals surface area contributed by atoms with Gasteiger partial charge in [-0.05, 0) is 19.3 Å². The van der Waals surface area contributed by atoms with E-state index in [1.807, 2.05) is 0 Å². The molecular weight excluding hydrogens is 270 g/mol. The highest BCUT2D eigenvalue weighted by Crippen LogP contribution is 2.32. The van der Waals surface area contributed by atoms with E-state index < -0.39 is 16.8 Å². The van der Waals surface area contributed by atoms with Gasteiger partial charge in [0.05, 0.1) is 18.0 Å². The fourth-order valence-corrected chi connectivity index (χ4v) is 2.23. The average molecular weight is 291 g/mol. The second-order valence-electron chi connectivity index (χ2n) is 4.95. The van der Waals surface area contributed by atoms with Crippen molar-refractivity contribution in [3.8, 4) is 0 Å². The number of nitrogens with zero attached hydrogens (tertiary/aromatic N) is 1. The fraction of sp³-hybridized carbons (Fsp3) is 0.438. The molecule has 0 aromatic heterocycles. The smallest absolute Gasteiger partial charge is 0.313 e. The summed E-state index contributed by atoms with van der Waals surface area (Å²) in [6, 6.07) is 6.28. The van der Waals surface area contributed by atoms with Gasteiger partial charge in [-0.15, -0.1) is 0 Å². The zero-order valence-corrected chi connectivity index (χ0v) is 12.5. The van der Waals surface area contributed by atoms with Crippen LogP contribution in [0.1, 0.15) is 44.1 Å². The minimum atomic E-state index is -0.680. The molecule has 1 aromatic rings. The number of benzene rings is 1. The molecule has 0 aliphatic rings. The number of hydrogen-bond donors (Lipinski definition) is 0. The van der Waals surface area contributed by atoms with E-state index >= 15 is 0 Å². The highest BCUT2D eigenvalue weighted by atomic mass is 16.6. The zero-order valence-electron chi connectivity index (χ0n) is 12.5. The second kappa shape index (κ2) is 8.19. The number of para-hydroxylation sites is 1. The minimum absolute atomic E-state index is 0.0591. The summed E-state index contributed by atoms with van der Waals surface area (Å²) in [5.41, 5.74) is 1.23. The third kappa shape index (κ3) is 4.70. The number of unbranched alkanes of at least 4 members (excludes halogenated alkanes) is 1. The lowest BCUT2D eigenvalue weighted by Gasteiger charge is -2.16. The highest BCUT2D eigenvalue weighted by molar-refractivity contribution is 5.80. The summed E-state index contributed by atoms with van der Waals surface area (Å²) in [5, 5.41) is 11.1. The van der Waals surface area contributed by atoms with Crippen LogP contribution in [0.25, 0.3) is 0 Å². The minimum Gasteiger partial charge on any atom is -0.469 e. The van der Waals surface area contributed by atoms with Crippen LogP contribution in [0.5, 0.6) is 0 Å². The quantitative estimate of drug-likeness (QED) is 0.314. The standard InChI is InChI=1S/C16H21NO4/c1-4-5-8-12(2)11-14(16(18)21-3)13-9-6-7-10-15(13)17(19)20/h6-7,9-10,14H,2,4-5,8,11H2,1,3H3. The van der Waals surface area contributed by atoms with Crippen LogP contribution in [0.2, 0.25) is 0 Å². The number of nitro benzene ring substituents is 1. The van der Waals surface area contributed by atoms with Crippen molar-refractivity contribution < 1.29 is 14.5 Å². The van der Waals surface area contributed by atoms with Gasteiger partial charge in [0, 0.05) is 11.6 Å². The van der Waals surface area contributed by atoms with Gasteiger partial charge in [0.15, 0.2) is 0 Å². The second-order valence-corrected chi connectivity index (χ2v) is 4.95. The maximum atomic E-state index is 12.0. The van der Waals surface area contributed by atoms with Crippen LogP contribution in [-0.2, 0) is 9.53 Å². The summed E-state index contributed by atoms with van der Waals surface area (Å²) in [4.78, 5) is 22.7. The fourth-order valence-electron chi connectivity index (χ4n) is 2.23. The maximum absolute atomic E-state index is 12.0. The van der Waals surface area contributed by atoms with Gasteiger partial charge in [-0.1, -0.05) is 43.7 Å². The number of hydrogen-bond acceptors (Lipinski definition) is 4. The molecule has 0 N–H and O–H groups in total. The molecule has 0 saturated carbocycles. The topological polar surface area (TPSA) is 69.4 Å². The first kappa shape index (κ1) is 16.9. The Bertz CT molecular complexity index is 525. The Labute approximate surface area is 124 Å². The molecule has 0 fully saturated rings. The van der Waals surface area contributed by atoms with Gasteiger partial charge < -0.3 is 4.74 Å². The molecule has 0 aliphatic carbocycles. The largest absolute Gasteiger partial charge is 0.469 e. The molecule has 1 aromatic carbocycles. The summed E-state index contributed by atoms with van der Waals surface area (Å²) in [7, 11) is 1.29. The molecule has 114 valence electrons. The maximum Gasteiger partial charge on any atom is 0.313 e. The number of nitro groups is 1. The van der Waals surface area contributed by atoms with Gasteiger partial charge in [0.1, 0.15) is 0 Å². The average Bonchev–Trinajstić information content (AvgIpc) is 2.49. The van der Waals surface area contributed by atoms with E-state index in [9.17, 15) is 14.9 Å². The summed E-state index contributed by atoms with van der Waals surface area (Å²) >= 11 is 0. The molecule has 0 bridgehead atoms. The molecule has 0 aliphatic heterocycles. The molecule has 0 radical (unpaired) electrons. The number of esters is 1. The van der Waals surface area contributed by atoms with Gasteiger partial charge in [0.2, 0.25) is 0 Å². The molecule has 0 amide bonds. The van der Waals surface area contributed by atoms with E-state index in [4.69, 9.17) is 4.74 Å². The molecular formula is C16H21NO4. The zero-order chi connectivity index (χ0) is 15.8. The van der Waals surface area contributed by atoms with Crippen LogP contribution >= 0.6 is 0 Å². The van der Waals surface area contributed by atoms with E-state index in [2.05, 4.69) is 13.5 Å². The number of rotatable bonds is 8. The Balaban J connectivity index is 3.06. The molecule has 0 heterocycles. The summed E-state index contributed by atoms with van der Waals surface area (Å²) < 4.78 is 4.80. The van der Waals surface area contributed by atoms with Gasteiger partial charge in [0.25, 0.3) is 5.69 Å². The van der Waals surface area contributed by atoms with Gasteiger partial charge in [-0.3, -0.25) is 14.9 Å². The van der Waals surface area contributed by atoms with Crippen molar-refractivity contribution in [3.05, 3.63) is 52.1 Å². The lowest BCUT2D eigenvalue weighted by Crippen LogP contribution is -2.16. The normalized spacial score (nSPS) is 11.7. The van der Waals surface area contributed by atoms with Crippen LogP contribution in [0.15, 0.2) is 36.4 Å². The molecule has 1 atom stereocenters. The SMILES string of the molecule is C=C(CCCC)CC(C(=O)OC)c1ccccc1[N+](=O)[O-]. The molecule has 5 nitrogen and oxygen atoms in total.